The third-order valence-electron chi connectivity index (χ3n) is 5.25. The number of benzene rings is 2. The van der Waals surface area contributed by atoms with Gasteiger partial charge in [-0.1, -0.05) is 42.0 Å². The molecule has 1 heterocycles. The maximum absolute atomic E-state index is 12.6. The van der Waals surface area contributed by atoms with Crippen molar-refractivity contribution in [2.24, 2.45) is 0 Å². The summed E-state index contributed by atoms with van der Waals surface area (Å²) in [5, 5.41) is 2.48. The number of esters is 2. The summed E-state index contributed by atoms with van der Waals surface area (Å²) in [4.78, 5) is 62.9. The molecule has 172 valence electrons. The van der Waals surface area contributed by atoms with Gasteiger partial charge in [-0.25, -0.2) is 9.59 Å². The van der Waals surface area contributed by atoms with Gasteiger partial charge < -0.3 is 14.8 Å². The summed E-state index contributed by atoms with van der Waals surface area (Å²) in [6.07, 6.45) is 0.193. The normalized spacial score (nSPS) is 14.3. The van der Waals surface area contributed by atoms with Gasteiger partial charge in [-0.15, -0.1) is 0 Å². The molecule has 2 unspecified atom stereocenters. The highest BCUT2D eigenvalue weighted by molar-refractivity contribution is 6.22. The van der Waals surface area contributed by atoms with Crippen LogP contribution in [0.25, 0.3) is 0 Å². The molecule has 0 saturated heterocycles. The van der Waals surface area contributed by atoms with Gasteiger partial charge in [0.2, 0.25) is 0 Å². The molecular formula is C24H24N2O7. The van der Waals surface area contributed by atoms with Crippen LogP contribution in [0.2, 0.25) is 0 Å². The average Bonchev–Trinajstić information content (AvgIpc) is 3.05. The van der Waals surface area contributed by atoms with Gasteiger partial charge in [-0.2, -0.15) is 0 Å². The first-order chi connectivity index (χ1) is 15.7. The molecule has 2 aromatic carbocycles. The molecule has 1 N–H and O–H groups in total. The summed E-state index contributed by atoms with van der Waals surface area (Å²) in [7, 11) is 1.21. The number of imide groups is 1. The molecule has 2 aromatic rings. The van der Waals surface area contributed by atoms with E-state index in [2.05, 4.69) is 5.32 Å². The van der Waals surface area contributed by atoms with Crippen molar-refractivity contribution in [1.82, 2.24) is 10.2 Å². The summed E-state index contributed by atoms with van der Waals surface area (Å²) in [5.41, 5.74) is 2.04. The van der Waals surface area contributed by atoms with Crippen LogP contribution >= 0.6 is 0 Å². The Hall–Kier alpha value is -4.01. The SMILES string of the molecule is COC(=O)C(Cc1ccccc1)NC(=O)COC(=O)C(C)N1C(=O)c2ccc(C)cc2C1=O. The van der Waals surface area contributed by atoms with Gasteiger partial charge in [0, 0.05) is 6.42 Å². The van der Waals surface area contributed by atoms with E-state index in [1.54, 1.807) is 43.3 Å². The van der Waals surface area contributed by atoms with E-state index in [4.69, 9.17) is 9.47 Å². The molecule has 9 nitrogen and oxygen atoms in total. The molecule has 0 fully saturated rings. The van der Waals surface area contributed by atoms with E-state index < -0.39 is 48.4 Å². The fraction of sp³-hybridized carbons (Fsp3) is 0.292. The quantitative estimate of drug-likeness (QED) is 0.475. The molecule has 0 spiro atoms. The molecule has 0 aromatic heterocycles. The third kappa shape index (κ3) is 5.25. The lowest BCUT2D eigenvalue weighted by Gasteiger charge is -2.21. The van der Waals surface area contributed by atoms with Crippen molar-refractivity contribution in [3.8, 4) is 0 Å². The molecule has 33 heavy (non-hydrogen) atoms. The Morgan fingerprint density at radius 1 is 0.970 bits per heavy atom. The van der Waals surface area contributed by atoms with E-state index in [0.29, 0.717) is 0 Å². The van der Waals surface area contributed by atoms with E-state index >= 15 is 0 Å². The number of hydrogen-bond donors (Lipinski definition) is 1. The van der Waals surface area contributed by atoms with Crippen molar-refractivity contribution in [3.05, 3.63) is 70.8 Å². The number of ether oxygens (including phenoxy) is 2. The van der Waals surface area contributed by atoms with Crippen LogP contribution in [-0.2, 0) is 30.3 Å². The standard InChI is InChI=1S/C24H24N2O7/c1-14-9-10-17-18(11-14)22(29)26(21(17)28)15(2)23(30)33-13-20(27)25-19(24(31)32-3)12-16-7-5-4-6-8-16/h4-11,15,19H,12-13H2,1-3H3,(H,25,27). The van der Waals surface area contributed by atoms with Crippen molar-refractivity contribution >= 4 is 29.7 Å². The molecule has 2 atom stereocenters. The van der Waals surface area contributed by atoms with Crippen LogP contribution in [0.15, 0.2) is 48.5 Å². The summed E-state index contributed by atoms with van der Waals surface area (Å²) >= 11 is 0. The Morgan fingerprint density at radius 3 is 2.30 bits per heavy atom. The Balaban J connectivity index is 1.59. The maximum atomic E-state index is 12.6. The third-order valence-corrected chi connectivity index (χ3v) is 5.25. The van der Waals surface area contributed by atoms with Gasteiger partial charge >= 0.3 is 11.9 Å². The van der Waals surface area contributed by atoms with Gasteiger partial charge in [-0.3, -0.25) is 19.3 Å². The van der Waals surface area contributed by atoms with Gasteiger partial charge in [0.15, 0.2) is 6.61 Å². The lowest BCUT2D eigenvalue weighted by molar-refractivity contribution is -0.152. The van der Waals surface area contributed by atoms with E-state index in [0.717, 1.165) is 16.0 Å². The van der Waals surface area contributed by atoms with Crippen LogP contribution in [-0.4, -0.2) is 60.4 Å². The number of aryl methyl sites for hydroxylation is 1. The number of methoxy groups -OCH3 is 1. The molecule has 0 saturated carbocycles. The second kappa shape index (κ2) is 10.1. The number of amides is 3. The predicted octanol–water partition coefficient (Wildman–Crippen LogP) is 1.42. The fourth-order valence-electron chi connectivity index (χ4n) is 3.51. The van der Waals surface area contributed by atoms with Gasteiger partial charge in [-0.05, 0) is 31.5 Å². The minimum atomic E-state index is -1.23. The zero-order valence-corrected chi connectivity index (χ0v) is 18.5. The number of rotatable bonds is 8. The Labute approximate surface area is 190 Å². The number of nitrogens with one attached hydrogen (secondary N) is 1. The van der Waals surface area contributed by atoms with Gasteiger partial charge in [0.05, 0.1) is 18.2 Å². The molecular weight excluding hydrogens is 428 g/mol. The number of carbonyl (C=O) groups is 5. The van der Waals surface area contributed by atoms with Gasteiger partial charge in [0.1, 0.15) is 12.1 Å². The molecule has 0 aliphatic carbocycles. The monoisotopic (exact) mass is 452 g/mol. The van der Waals surface area contributed by atoms with Crippen LogP contribution in [0.1, 0.15) is 38.8 Å². The number of fused-ring (bicyclic) bond motifs is 1. The van der Waals surface area contributed by atoms with Crippen molar-refractivity contribution in [2.75, 3.05) is 13.7 Å². The van der Waals surface area contributed by atoms with Gasteiger partial charge in [0.25, 0.3) is 17.7 Å². The zero-order valence-electron chi connectivity index (χ0n) is 18.5. The van der Waals surface area contributed by atoms with Crippen LogP contribution < -0.4 is 5.32 Å². The first-order valence-corrected chi connectivity index (χ1v) is 10.3. The van der Waals surface area contributed by atoms with Crippen LogP contribution in [0, 0.1) is 6.92 Å². The van der Waals surface area contributed by atoms with Crippen molar-refractivity contribution in [3.63, 3.8) is 0 Å². The number of nitrogens with zero attached hydrogens (tertiary/aromatic N) is 1. The van der Waals surface area contributed by atoms with Crippen molar-refractivity contribution in [2.45, 2.75) is 32.4 Å². The molecule has 1 aliphatic heterocycles. The zero-order chi connectivity index (χ0) is 24.1. The highest BCUT2D eigenvalue weighted by Crippen LogP contribution is 2.26. The van der Waals surface area contributed by atoms with E-state index in [1.807, 2.05) is 6.07 Å². The van der Waals surface area contributed by atoms with E-state index in [-0.39, 0.29) is 17.5 Å². The Morgan fingerprint density at radius 2 is 1.64 bits per heavy atom. The Kier molecular flexibility index (Phi) is 7.22. The summed E-state index contributed by atoms with van der Waals surface area (Å²) in [6, 6.07) is 11.6. The smallest absolute Gasteiger partial charge is 0.329 e. The number of hydrogen-bond acceptors (Lipinski definition) is 7. The molecule has 0 radical (unpaired) electrons. The molecule has 3 rings (SSSR count). The summed E-state index contributed by atoms with van der Waals surface area (Å²) in [5.74, 6) is -3.49. The van der Waals surface area contributed by atoms with Crippen LogP contribution in [0.4, 0.5) is 0 Å². The summed E-state index contributed by atoms with van der Waals surface area (Å²) < 4.78 is 9.75. The molecule has 1 aliphatic rings. The minimum absolute atomic E-state index is 0.193. The van der Waals surface area contributed by atoms with Crippen LogP contribution in [0.5, 0.6) is 0 Å². The van der Waals surface area contributed by atoms with E-state index in [9.17, 15) is 24.0 Å². The second-order valence-corrected chi connectivity index (χ2v) is 7.65. The molecule has 0 bridgehead atoms. The van der Waals surface area contributed by atoms with E-state index in [1.165, 1.54) is 20.1 Å². The summed E-state index contributed by atoms with van der Waals surface area (Å²) in [6.45, 7) is 2.45. The lowest BCUT2D eigenvalue weighted by atomic mass is 10.1. The number of carbonyl (C=O) groups excluding carboxylic acids is 5. The lowest BCUT2D eigenvalue weighted by Crippen LogP contribution is -2.47. The first-order valence-electron chi connectivity index (χ1n) is 10.3. The maximum Gasteiger partial charge on any atom is 0.329 e. The average molecular weight is 452 g/mol. The van der Waals surface area contributed by atoms with Crippen LogP contribution in [0.3, 0.4) is 0 Å². The fourth-order valence-corrected chi connectivity index (χ4v) is 3.51. The van der Waals surface area contributed by atoms with Crippen molar-refractivity contribution in [1.29, 1.82) is 0 Å². The minimum Gasteiger partial charge on any atom is -0.467 e. The highest BCUT2D eigenvalue weighted by Gasteiger charge is 2.41. The predicted molar refractivity (Wildman–Crippen MR) is 116 cm³/mol. The topological polar surface area (TPSA) is 119 Å². The molecule has 3 amide bonds. The highest BCUT2D eigenvalue weighted by atomic mass is 16.5. The first kappa shape index (κ1) is 23.6. The Bertz CT molecular complexity index is 1100. The largest absolute Gasteiger partial charge is 0.467 e. The molecule has 9 heteroatoms. The van der Waals surface area contributed by atoms with Crippen molar-refractivity contribution < 1.29 is 33.4 Å². The second-order valence-electron chi connectivity index (χ2n) is 7.65.